The van der Waals surface area contributed by atoms with Crippen LogP contribution in [0, 0.1) is 0 Å². The summed E-state index contributed by atoms with van der Waals surface area (Å²) in [5.41, 5.74) is 5.35. The van der Waals surface area contributed by atoms with Crippen LogP contribution in [0.15, 0.2) is 59.7 Å². The molecule has 2 fully saturated rings. The van der Waals surface area contributed by atoms with Gasteiger partial charge in [-0.3, -0.25) is 24.3 Å². The van der Waals surface area contributed by atoms with Gasteiger partial charge in [-0.25, -0.2) is 13.4 Å². The zero-order valence-electron chi connectivity index (χ0n) is 28.8. The summed E-state index contributed by atoms with van der Waals surface area (Å²) in [7, 11) is -0.0886. The van der Waals surface area contributed by atoms with Crippen LogP contribution < -0.4 is 25.0 Å². The van der Waals surface area contributed by atoms with Gasteiger partial charge in [-0.15, -0.1) is 0 Å². The largest absolute Gasteiger partial charge is 0.494 e. The smallest absolute Gasteiger partial charge is 0.229 e. The van der Waals surface area contributed by atoms with Gasteiger partial charge in [-0.1, -0.05) is 0 Å². The number of sulfonamides is 1. The highest BCUT2D eigenvalue weighted by atomic mass is 79.9. The van der Waals surface area contributed by atoms with Crippen molar-refractivity contribution in [1.29, 1.82) is 0 Å². The Hall–Kier alpha value is -4.58. The lowest BCUT2D eigenvalue weighted by atomic mass is 9.98. The number of methoxy groups -OCH3 is 1. The topological polar surface area (TPSA) is 165 Å². The van der Waals surface area contributed by atoms with Gasteiger partial charge in [-0.05, 0) is 53.9 Å². The molecule has 2 saturated heterocycles. The van der Waals surface area contributed by atoms with Crippen LogP contribution in [0.2, 0.25) is 0 Å². The van der Waals surface area contributed by atoms with E-state index in [0.29, 0.717) is 50.4 Å². The SMILES string of the molecule is COc1cc(N2CCC(N3CCO[C@H](C)C3)CC2)c(-c2cnn(C)c2)cc1Nc1ncc(Br)c(Nc2ccc3nccnc3c2NS(C)(=O)=O)n1. The van der Waals surface area contributed by atoms with E-state index in [1.807, 2.05) is 19.4 Å². The molecule has 3 aromatic heterocycles. The summed E-state index contributed by atoms with van der Waals surface area (Å²) in [5, 5.41) is 11.1. The molecule has 5 aromatic rings. The van der Waals surface area contributed by atoms with Crippen LogP contribution in [0.3, 0.4) is 0 Å². The van der Waals surface area contributed by atoms with Crippen molar-refractivity contribution >= 4 is 71.5 Å². The summed E-state index contributed by atoms with van der Waals surface area (Å²) in [6.45, 7) is 6.73. The van der Waals surface area contributed by atoms with E-state index in [1.165, 1.54) is 6.20 Å². The summed E-state index contributed by atoms with van der Waals surface area (Å²) < 4.78 is 41.3. The highest BCUT2D eigenvalue weighted by molar-refractivity contribution is 9.10. The second-order valence-electron chi connectivity index (χ2n) is 12.8. The Bertz CT molecular complexity index is 2160. The molecule has 0 amide bonds. The second-order valence-corrected chi connectivity index (χ2v) is 15.4. The molecule has 0 radical (unpaired) electrons. The molecule has 0 unspecified atom stereocenters. The highest BCUT2D eigenvalue weighted by Crippen LogP contribution is 2.42. The third kappa shape index (κ3) is 7.85. The molecule has 0 bridgehead atoms. The van der Waals surface area contributed by atoms with Gasteiger partial charge in [0.2, 0.25) is 16.0 Å². The number of nitrogens with zero attached hydrogens (tertiary/aromatic N) is 8. The molecule has 2 aliphatic heterocycles. The number of benzene rings is 2. The van der Waals surface area contributed by atoms with E-state index in [1.54, 1.807) is 36.3 Å². The zero-order chi connectivity index (χ0) is 35.7. The molecular formula is C34H40BrN11O4S. The minimum atomic E-state index is -3.64. The van der Waals surface area contributed by atoms with E-state index in [2.05, 4.69) is 80.2 Å². The number of aryl methyl sites for hydroxylation is 1. The molecule has 0 saturated carbocycles. The number of hydrogen-bond acceptors (Lipinski definition) is 13. The van der Waals surface area contributed by atoms with Crippen molar-refractivity contribution in [2.75, 3.05) is 66.4 Å². The quantitative estimate of drug-likeness (QED) is 0.171. The van der Waals surface area contributed by atoms with Crippen molar-refractivity contribution in [3.63, 3.8) is 0 Å². The summed E-state index contributed by atoms with van der Waals surface area (Å²) in [5.74, 6) is 1.33. The van der Waals surface area contributed by atoms with Gasteiger partial charge in [0.25, 0.3) is 0 Å². The van der Waals surface area contributed by atoms with Crippen molar-refractivity contribution in [2.45, 2.75) is 31.9 Å². The lowest BCUT2D eigenvalue weighted by Crippen LogP contribution is -2.51. The Morgan fingerprint density at radius 3 is 2.55 bits per heavy atom. The predicted octanol–water partition coefficient (Wildman–Crippen LogP) is 5.14. The van der Waals surface area contributed by atoms with Gasteiger partial charge < -0.3 is 25.0 Å². The maximum Gasteiger partial charge on any atom is 0.229 e. The van der Waals surface area contributed by atoms with Crippen LogP contribution in [-0.4, -0.2) is 101 Å². The standard InChI is InChI=1S/C34H40BrN11O4S/c1-21-19-46(13-14-50-21)23-7-11-45(12-8-23)29-16-30(49-3)28(15-24(29)22-17-39-44(2)20-22)41-34-38-18-25(35)33(42-34)40-27-6-5-26-31(37-10-9-36-26)32(27)43-51(4,47)48/h5-6,9-10,15-18,20-21,23,43H,7-8,11-14,19H2,1-4H3,(H2,38,40,41,42)/t21-/m1/s1. The fraction of sp³-hybridized carbons (Fsp3) is 0.382. The van der Waals surface area contributed by atoms with E-state index in [9.17, 15) is 8.42 Å². The van der Waals surface area contributed by atoms with Crippen LogP contribution in [0.5, 0.6) is 5.75 Å². The fourth-order valence-electron chi connectivity index (χ4n) is 6.73. The van der Waals surface area contributed by atoms with Gasteiger partial charge in [0, 0.05) is 86.9 Å². The molecule has 268 valence electrons. The van der Waals surface area contributed by atoms with Gasteiger partial charge in [-0.2, -0.15) is 10.1 Å². The molecular weight excluding hydrogens is 738 g/mol. The molecule has 1 atom stereocenters. The Kier molecular flexibility index (Phi) is 9.96. The van der Waals surface area contributed by atoms with Crippen molar-refractivity contribution in [2.24, 2.45) is 7.05 Å². The summed E-state index contributed by atoms with van der Waals surface area (Å²) in [4.78, 5) is 23.0. The summed E-state index contributed by atoms with van der Waals surface area (Å²) >= 11 is 3.54. The molecule has 17 heteroatoms. The first-order chi connectivity index (χ1) is 24.5. The molecule has 7 rings (SSSR count). The van der Waals surface area contributed by atoms with Crippen molar-refractivity contribution in [3.05, 3.63) is 59.7 Å². The molecule has 2 aliphatic rings. The average Bonchev–Trinajstić information content (AvgIpc) is 3.56. The van der Waals surface area contributed by atoms with Gasteiger partial charge in [0.05, 0.1) is 59.3 Å². The maximum absolute atomic E-state index is 12.3. The van der Waals surface area contributed by atoms with E-state index in [-0.39, 0.29) is 11.8 Å². The van der Waals surface area contributed by atoms with E-state index in [4.69, 9.17) is 14.5 Å². The Morgan fingerprint density at radius 1 is 1.02 bits per heavy atom. The molecule has 51 heavy (non-hydrogen) atoms. The van der Waals surface area contributed by atoms with Crippen LogP contribution in [0.25, 0.3) is 22.2 Å². The molecule has 0 aliphatic carbocycles. The summed E-state index contributed by atoms with van der Waals surface area (Å²) in [6.07, 6.45) is 12.0. The average molecular weight is 779 g/mol. The number of morpholine rings is 1. The van der Waals surface area contributed by atoms with Gasteiger partial charge in [0.1, 0.15) is 17.1 Å². The van der Waals surface area contributed by atoms with Crippen molar-refractivity contribution in [3.8, 4) is 16.9 Å². The number of fused-ring (bicyclic) bond motifs is 1. The number of piperidine rings is 1. The number of aromatic nitrogens is 6. The first kappa shape index (κ1) is 34.9. The monoisotopic (exact) mass is 777 g/mol. The van der Waals surface area contributed by atoms with E-state index >= 15 is 0 Å². The molecule has 2 aromatic carbocycles. The fourth-order valence-corrected chi connectivity index (χ4v) is 7.60. The van der Waals surface area contributed by atoms with E-state index in [0.717, 1.165) is 68.7 Å². The van der Waals surface area contributed by atoms with Crippen LogP contribution in [0.4, 0.5) is 34.5 Å². The molecule has 3 N–H and O–H groups in total. The Labute approximate surface area is 305 Å². The minimum Gasteiger partial charge on any atom is -0.494 e. The third-order valence-corrected chi connectivity index (χ3v) is 10.3. The lowest BCUT2D eigenvalue weighted by Gasteiger charge is -2.42. The molecule has 0 spiro atoms. The number of halogens is 1. The normalized spacial score (nSPS) is 17.4. The number of ether oxygens (including phenoxy) is 2. The highest BCUT2D eigenvalue weighted by Gasteiger charge is 2.29. The summed E-state index contributed by atoms with van der Waals surface area (Å²) in [6, 6.07) is 8.13. The Morgan fingerprint density at radius 2 is 1.82 bits per heavy atom. The number of rotatable bonds is 10. The van der Waals surface area contributed by atoms with E-state index < -0.39 is 10.0 Å². The van der Waals surface area contributed by atoms with Gasteiger partial charge in [0.15, 0.2) is 0 Å². The number of anilines is 6. The number of hydrogen-bond donors (Lipinski definition) is 3. The van der Waals surface area contributed by atoms with Crippen LogP contribution in [-0.2, 0) is 21.8 Å². The van der Waals surface area contributed by atoms with Crippen LogP contribution in [0.1, 0.15) is 19.8 Å². The zero-order valence-corrected chi connectivity index (χ0v) is 31.2. The molecule has 5 heterocycles. The first-order valence-corrected chi connectivity index (χ1v) is 19.3. The van der Waals surface area contributed by atoms with Crippen LogP contribution >= 0.6 is 15.9 Å². The van der Waals surface area contributed by atoms with Gasteiger partial charge >= 0.3 is 0 Å². The number of nitrogens with one attached hydrogen (secondary N) is 3. The first-order valence-electron chi connectivity index (χ1n) is 16.6. The minimum absolute atomic E-state index is 0.255. The predicted molar refractivity (Wildman–Crippen MR) is 202 cm³/mol. The molecule has 15 nitrogen and oxygen atoms in total. The maximum atomic E-state index is 12.3. The lowest BCUT2D eigenvalue weighted by molar-refractivity contribution is -0.0373. The Balaban J connectivity index is 1.18. The second kappa shape index (κ2) is 14.6. The van der Waals surface area contributed by atoms with Crippen molar-refractivity contribution < 1.29 is 17.9 Å². The third-order valence-electron chi connectivity index (χ3n) is 9.10. The van der Waals surface area contributed by atoms with Crippen molar-refractivity contribution in [1.82, 2.24) is 34.6 Å².